The number of thiophene rings is 8. The van der Waals surface area contributed by atoms with Crippen LogP contribution in [0.4, 0.5) is 0 Å². The van der Waals surface area contributed by atoms with Crippen molar-refractivity contribution in [2.24, 2.45) is 47.3 Å². The van der Waals surface area contributed by atoms with Gasteiger partial charge in [-0.15, -0.1) is 68.0 Å². The van der Waals surface area contributed by atoms with E-state index in [9.17, 15) is 33.6 Å². The van der Waals surface area contributed by atoms with Crippen molar-refractivity contribution in [3.05, 3.63) is 86.1 Å². The van der Waals surface area contributed by atoms with E-state index in [4.69, 9.17) is 0 Å². The van der Waals surface area contributed by atoms with Crippen LogP contribution in [0.2, 0.25) is 29.6 Å². The Balaban J connectivity index is 0.000000202. The summed E-state index contributed by atoms with van der Waals surface area (Å²) in [5.74, 6) is 1.79. The molecule has 0 aromatic carbocycles. The molecule has 8 amide bonds. The number of carbonyl (C=O) groups is 8. The summed E-state index contributed by atoms with van der Waals surface area (Å²) >= 11 is 16.2. The SMILES string of the molecule is CCCCC(CC)CC(CC(CC)CCCC)n1c2c[c]([Sn]([CH3])([CH3])[CH3])sc2c2s[c]([Sn]([CH3])([CH3])[CH3])cc21.CCCCC(CC)CC(CC(CC)CCCC)n1c2cc(C)sc2c2sc(-c3sc(-c4sc(C)c5c4C(=O)N(CC(CC)CCCC)C5=O)c4c3C(=O)N(CC(CC)CCCC)C4=O)cc21.CCCCC(CC)CN1C(=O)c2c(Br)sc(-c3sc(Br)c4c3C(=O)N(CC(CC)CCCC)C4=O)c2C1=O. The summed E-state index contributed by atoms with van der Waals surface area (Å²) in [5, 5.41) is 0. The van der Waals surface area contributed by atoms with Gasteiger partial charge in [-0.05, 0) is 132 Å². The Bertz CT molecular complexity index is 5770. The first-order valence-electron chi connectivity index (χ1n) is 54.5. The third-order valence-electron chi connectivity index (χ3n) is 31.2. The molecular formula is C114H166Br2N6O8S8Sn2. The minimum atomic E-state index is -2.14. The van der Waals surface area contributed by atoms with Crippen LogP contribution in [0.5, 0.6) is 0 Å². The zero-order valence-electron chi connectivity index (χ0n) is 89.3. The Morgan fingerprint density at radius 3 is 0.821 bits per heavy atom. The number of fused-ring (bicyclic) bond motifs is 10. The molecule has 4 aliphatic heterocycles. The van der Waals surface area contributed by atoms with E-state index >= 15 is 4.79 Å². The average Bonchev–Trinajstić information content (AvgIpc) is 1.54. The molecule has 14 nitrogen and oxygen atoms in total. The maximum atomic E-state index is 15.0. The van der Waals surface area contributed by atoms with Crippen molar-refractivity contribution in [1.82, 2.24) is 28.7 Å². The smallest absolute Gasteiger partial charge is 0.263 e. The van der Waals surface area contributed by atoms with Crippen molar-refractivity contribution in [3.8, 4) is 29.3 Å². The van der Waals surface area contributed by atoms with Crippen LogP contribution in [0, 0.1) is 61.2 Å². The van der Waals surface area contributed by atoms with Crippen molar-refractivity contribution < 1.29 is 38.4 Å². The first kappa shape index (κ1) is 115. The van der Waals surface area contributed by atoms with Crippen LogP contribution in [0.15, 0.2) is 31.8 Å². The van der Waals surface area contributed by atoms with Gasteiger partial charge in [-0.1, -0.05) is 212 Å². The van der Waals surface area contributed by atoms with Crippen molar-refractivity contribution in [1.29, 1.82) is 0 Å². The van der Waals surface area contributed by atoms with E-state index in [1.165, 1.54) is 206 Å². The summed E-state index contributed by atoms with van der Waals surface area (Å²) in [6, 6.07) is 11.1. The summed E-state index contributed by atoms with van der Waals surface area (Å²) in [6.07, 6.45) is 41.7. The van der Waals surface area contributed by atoms with Crippen LogP contribution >= 0.6 is 123 Å². The fourth-order valence-electron chi connectivity index (χ4n) is 22.1. The number of halogens is 2. The summed E-state index contributed by atoms with van der Waals surface area (Å²) in [4.78, 5) is 141. The number of nitrogens with zero attached hydrogens (tertiary/aromatic N) is 6. The number of rotatable bonds is 55. The van der Waals surface area contributed by atoms with Crippen LogP contribution in [-0.4, -0.2) is 139 Å². The van der Waals surface area contributed by atoms with Gasteiger partial charge in [0.05, 0.1) is 96.9 Å². The molecule has 0 bridgehead atoms. The number of amides is 8. The van der Waals surface area contributed by atoms with Gasteiger partial charge in [0.15, 0.2) is 0 Å². The van der Waals surface area contributed by atoms with E-state index in [-0.39, 0.29) is 70.9 Å². The summed E-state index contributed by atoms with van der Waals surface area (Å²) in [5.41, 5.74) is 8.98. The number of hydrogen-bond donors (Lipinski definition) is 0. The standard InChI is InChI=1S/C55H77N3O4S4.C28H34Br2N2O4S2.C25H37NS2.6CH3.2Sn/c1-11-19-23-35(15-5)28-39(29-36(16-6)24-20-12-2)58-40-27-33(9)63-47(40)48-41(58)30-42(65-48)49-45-46(55(62)57(54(45)61)32-38(18-8)26-22-14-4)51(66-49)50-44-43(34(10)64-50)52(59)56(53(44)60)31-37(17-7)25-21-13-3;1-5-9-11-15(7-3)13-31-25(33)17-19(27(31)35)23(29)37-21(17)22-18-20(24(30)38-22)28(36)32(26(18)34)14-16(8-4)12-10-6-2;1-5-9-11-19(7-3)17-21(18-20(8-4)12-10-6-2)26-22-13-15-27-24(22)25-23(26)14-16-28-25;;;;;;;;/h27,30,35-39H,11-26,28-29,31-32H2,1-10H3;15-16H,5-14H2,1-4H3;13-14,19-21H,5-12,17-18H2,1-4H3;6*1H3;;. The minimum absolute atomic E-state index is 0.211. The second kappa shape index (κ2) is 52.2. The zero-order valence-corrected chi connectivity index (χ0v) is 105. The van der Waals surface area contributed by atoms with E-state index in [1.54, 1.807) is 37.6 Å². The number of hydrogen-bond acceptors (Lipinski definition) is 16. The number of carbonyl (C=O) groups excluding carboxylic acids is 8. The summed E-state index contributed by atoms with van der Waals surface area (Å²) in [6.45, 7) is 41.8. The molecule has 0 saturated carbocycles. The van der Waals surface area contributed by atoms with Crippen molar-refractivity contribution in [3.63, 3.8) is 0 Å². The molecule has 0 spiro atoms. The van der Waals surface area contributed by atoms with Gasteiger partial charge in [0.2, 0.25) is 0 Å². The van der Waals surface area contributed by atoms with Crippen LogP contribution < -0.4 is 5.79 Å². The molecule has 0 fully saturated rings. The largest absolute Gasteiger partial charge is 0.336 e. The number of aromatic nitrogens is 2. The monoisotopic (exact) mass is 2400 g/mol. The maximum absolute atomic E-state index is 15.0. The molecule has 0 saturated heterocycles. The second-order valence-corrected chi connectivity index (χ2v) is 85.6. The fraction of sp³-hybridized carbons (Fsp3) is 0.649. The summed E-state index contributed by atoms with van der Waals surface area (Å²) in [7, 11) is 0. The fourth-order valence-corrected chi connectivity index (χ4v) is 43.7. The topological polar surface area (TPSA) is 159 Å². The van der Waals surface area contributed by atoms with Gasteiger partial charge in [-0.2, -0.15) is 0 Å². The van der Waals surface area contributed by atoms with Gasteiger partial charge >= 0.3 is 242 Å². The molecule has 14 rings (SSSR count). The van der Waals surface area contributed by atoms with Crippen LogP contribution in [0.3, 0.4) is 0 Å². The van der Waals surface area contributed by atoms with E-state index in [1.807, 2.05) is 18.3 Å². The Labute approximate surface area is 897 Å². The molecule has 26 heteroatoms. The molecule has 0 aliphatic carbocycles. The first-order valence-corrected chi connectivity index (χ1v) is 82.6. The molecule has 770 valence electrons. The number of imide groups is 4. The van der Waals surface area contributed by atoms with Gasteiger partial charge in [-0.25, -0.2) is 0 Å². The van der Waals surface area contributed by atoms with Gasteiger partial charge in [0.25, 0.3) is 47.3 Å². The molecule has 8 atom stereocenters. The predicted octanol–water partition coefficient (Wildman–Crippen LogP) is 36.8. The third kappa shape index (κ3) is 25.1. The molecular weight excluding hydrogens is 2240 g/mol. The molecule has 10 aromatic heterocycles. The van der Waals surface area contributed by atoms with Gasteiger partial charge < -0.3 is 4.57 Å². The average molecular weight is 2400 g/mol. The van der Waals surface area contributed by atoms with E-state index in [0.29, 0.717) is 122 Å². The molecule has 0 radical (unpaired) electrons. The van der Waals surface area contributed by atoms with Gasteiger partial charge in [0.1, 0.15) is 0 Å². The van der Waals surface area contributed by atoms with Crippen LogP contribution in [0.1, 0.15) is 447 Å². The van der Waals surface area contributed by atoms with Gasteiger partial charge in [-0.3, -0.25) is 58.0 Å². The molecule has 14 heterocycles. The Hall–Kier alpha value is -3.68. The molecule has 140 heavy (non-hydrogen) atoms. The number of aryl methyl sites for hydroxylation is 2. The van der Waals surface area contributed by atoms with E-state index in [0.717, 1.165) is 142 Å². The molecule has 10 aromatic rings. The van der Waals surface area contributed by atoms with Gasteiger partial charge in [0, 0.05) is 46.9 Å². The van der Waals surface area contributed by atoms with Crippen LogP contribution in [0.25, 0.3) is 70.1 Å². The zero-order chi connectivity index (χ0) is 102. The Kier molecular flexibility index (Phi) is 42.9. The molecule has 4 aliphatic rings. The Morgan fingerprint density at radius 1 is 0.271 bits per heavy atom. The number of unbranched alkanes of at least 4 members (excludes halogenated alkanes) is 8. The van der Waals surface area contributed by atoms with E-state index in [2.05, 4.69) is 235 Å². The normalized spacial score (nSPS) is 16.3. The molecule has 8 unspecified atom stereocenters. The predicted molar refractivity (Wildman–Crippen MR) is 620 cm³/mol. The quantitative estimate of drug-likeness (QED) is 0.0269. The van der Waals surface area contributed by atoms with Crippen molar-refractivity contribution >= 4 is 253 Å². The molecule has 0 N–H and O–H groups in total. The Morgan fingerprint density at radius 2 is 0.514 bits per heavy atom. The van der Waals surface area contributed by atoms with Crippen LogP contribution in [-0.2, 0) is 0 Å². The second-order valence-electron chi connectivity index (χ2n) is 43.4. The van der Waals surface area contributed by atoms with Crippen molar-refractivity contribution in [2.45, 2.75) is 397 Å². The first-order chi connectivity index (χ1) is 67.0. The van der Waals surface area contributed by atoms with E-state index < -0.39 is 36.8 Å². The maximum Gasteiger partial charge on any atom is 0.263 e. The summed E-state index contributed by atoms with van der Waals surface area (Å²) < 4.78 is 16.1. The third-order valence-corrected chi connectivity index (χ3v) is 61.3. The minimum Gasteiger partial charge on any atom is -0.336 e. The van der Waals surface area contributed by atoms with Crippen molar-refractivity contribution in [2.75, 3.05) is 26.2 Å².